The van der Waals surface area contributed by atoms with Crippen LogP contribution in [-0.2, 0) is 13.3 Å². The molecule has 3 aromatic carbocycles. The number of carbonyl (C=O) groups excluding carboxylic acids is 1. The molecule has 0 fully saturated rings. The van der Waals surface area contributed by atoms with Gasteiger partial charge in [-0.15, -0.1) is 0 Å². The van der Waals surface area contributed by atoms with Gasteiger partial charge in [0.15, 0.2) is 18.2 Å². The largest absolute Gasteiger partial charge is 0.471 e. The summed E-state index contributed by atoms with van der Waals surface area (Å²) in [4.78, 5) is 12.6. The maximum Gasteiger partial charge on any atom is 0.277 e. The number of nitrogens with one attached hydrogen (secondary N) is 1. The summed E-state index contributed by atoms with van der Waals surface area (Å²) in [6.45, 7) is 0.553. The molecule has 0 saturated carbocycles. The Kier molecular flexibility index (Phi) is 7.02. The van der Waals surface area contributed by atoms with Crippen molar-refractivity contribution in [3.05, 3.63) is 119 Å². The average molecular weight is 518 g/mol. The molecule has 36 heavy (non-hydrogen) atoms. The molecule has 2 aromatic heterocycles. The molecule has 0 radical (unpaired) electrons. The molecule has 0 spiro atoms. The third-order valence-electron chi connectivity index (χ3n) is 5.46. The Balaban J connectivity index is 1.16. The molecule has 0 aliphatic rings. The molecule has 0 atom stereocenters. The fourth-order valence-electron chi connectivity index (χ4n) is 3.61. The fraction of sp³-hybridized carbons (Fsp3) is 0.0741. The van der Waals surface area contributed by atoms with Crippen LogP contribution in [0.2, 0.25) is 10.0 Å². The van der Waals surface area contributed by atoms with Crippen LogP contribution in [0.5, 0.6) is 5.75 Å². The first-order valence-electron chi connectivity index (χ1n) is 11.1. The summed E-state index contributed by atoms with van der Waals surface area (Å²) in [7, 11) is 0. The van der Waals surface area contributed by atoms with E-state index < -0.39 is 0 Å². The van der Waals surface area contributed by atoms with E-state index >= 15 is 0 Å². The summed E-state index contributed by atoms with van der Waals surface area (Å²) in [5, 5.41) is 12.5. The van der Waals surface area contributed by atoms with Crippen molar-refractivity contribution in [3.63, 3.8) is 0 Å². The van der Waals surface area contributed by atoms with E-state index in [4.69, 9.17) is 27.9 Å². The number of halogens is 2. The van der Waals surface area contributed by atoms with Crippen molar-refractivity contribution in [3.8, 4) is 16.9 Å². The van der Waals surface area contributed by atoms with E-state index in [9.17, 15) is 4.79 Å². The number of hydrogen-bond acceptors (Lipinski definition) is 4. The minimum Gasteiger partial charge on any atom is -0.471 e. The second-order valence-corrected chi connectivity index (χ2v) is 8.77. The Labute approximate surface area is 217 Å². The number of carbonyl (C=O) groups is 1. The molecule has 180 valence electrons. The minimum atomic E-state index is -0.373. The fourth-order valence-corrected chi connectivity index (χ4v) is 4.13. The van der Waals surface area contributed by atoms with Crippen LogP contribution in [0.25, 0.3) is 11.1 Å². The van der Waals surface area contributed by atoms with E-state index in [-0.39, 0.29) is 18.3 Å². The van der Waals surface area contributed by atoms with Crippen LogP contribution >= 0.6 is 23.2 Å². The van der Waals surface area contributed by atoms with Gasteiger partial charge in [-0.25, -0.2) is 4.68 Å². The normalized spacial score (nSPS) is 10.8. The highest BCUT2D eigenvalue weighted by molar-refractivity contribution is 6.35. The number of rotatable bonds is 8. The summed E-state index contributed by atoms with van der Waals surface area (Å²) in [5.41, 5.74) is 3.26. The highest BCUT2D eigenvalue weighted by Crippen LogP contribution is 2.25. The summed E-state index contributed by atoms with van der Waals surface area (Å²) >= 11 is 12.5. The quantitative estimate of drug-likeness (QED) is 0.258. The monoisotopic (exact) mass is 517 g/mol. The van der Waals surface area contributed by atoms with Gasteiger partial charge in [0.05, 0.1) is 6.54 Å². The molecule has 2 heterocycles. The molecular formula is C27H21Cl2N5O2. The topological polar surface area (TPSA) is 74.0 Å². The Morgan fingerprint density at radius 3 is 2.22 bits per heavy atom. The zero-order valence-corrected chi connectivity index (χ0v) is 20.5. The maximum atomic E-state index is 12.6. The second-order valence-electron chi connectivity index (χ2n) is 7.96. The highest BCUT2D eigenvalue weighted by atomic mass is 35.5. The first-order chi connectivity index (χ1) is 17.5. The highest BCUT2D eigenvalue weighted by Gasteiger charge is 2.13. The summed E-state index contributed by atoms with van der Waals surface area (Å²) in [6, 6.07) is 26.6. The van der Waals surface area contributed by atoms with E-state index in [1.807, 2.05) is 42.5 Å². The predicted molar refractivity (Wildman–Crippen MR) is 140 cm³/mol. The van der Waals surface area contributed by atoms with Crippen molar-refractivity contribution in [1.29, 1.82) is 0 Å². The molecule has 9 heteroatoms. The molecule has 0 aliphatic carbocycles. The molecule has 0 unspecified atom stereocenters. The Morgan fingerprint density at radius 1 is 0.778 bits per heavy atom. The van der Waals surface area contributed by atoms with Gasteiger partial charge in [-0.05, 0) is 41.5 Å². The number of aromatic nitrogens is 4. The van der Waals surface area contributed by atoms with Crippen molar-refractivity contribution < 1.29 is 9.53 Å². The zero-order valence-electron chi connectivity index (χ0n) is 19.0. The van der Waals surface area contributed by atoms with Gasteiger partial charge in [0.25, 0.3) is 5.91 Å². The third-order valence-corrected chi connectivity index (χ3v) is 6.17. The smallest absolute Gasteiger partial charge is 0.277 e. The lowest BCUT2D eigenvalue weighted by molar-refractivity contribution is 0.101. The third kappa shape index (κ3) is 5.59. The van der Waals surface area contributed by atoms with E-state index in [1.165, 1.54) is 0 Å². The molecule has 5 rings (SSSR count). The van der Waals surface area contributed by atoms with Crippen LogP contribution in [0.15, 0.2) is 97.3 Å². The summed E-state index contributed by atoms with van der Waals surface area (Å²) in [5.74, 6) is 0.731. The van der Waals surface area contributed by atoms with Crippen LogP contribution in [0.3, 0.4) is 0 Å². The number of benzene rings is 3. The molecule has 1 amide bonds. The second kappa shape index (κ2) is 10.7. The standard InChI is InChI=1S/C27H21Cl2N5O2/c28-23-7-4-8-24(29)22(23)17-33-16-14-26(32-33)30-27(35)25-13-15-34(31-25)18-36-21-11-9-20(10-12-21)19-5-2-1-3-6-19/h1-16H,17-18H2,(H,30,32,35). The lowest BCUT2D eigenvalue weighted by Crippen LogP contribution is -2.15. The van der Waals surface area contributed by atoms with Gasteiger partial charge in [-0.3, -0.25) is 9.48 Å². The molecule has 0 bridgehead atoms. The maximum absolute atomic E-state index is 12.6. The number of hydrogen-bond donors (Lipinski definition) is 1. The molecule has 0 aliphatic heterocycles. The van der Waals surface area contributed by atoms with E-state index in [2.05, 4.69) is 27.6 Å². The molecule has 7 nitrogen and oxygen atoms in total. The van der Waals surface area contributed by atoms with E-state index in [0.29, 0.717) is 28.2 Å². The average Bonchev–Trinajstić information content (AvgIpc) is 3.56. The molecular weight excluding hydrogens is 497 g/mol. The summed E-state index contributed by atoms with van der Waals surface area (Å²) < 4.78 is 9.01. The number of anilines is 1. The number of nitrogens with zero attached hydrogens (tertiary/aromatic N) is 4. The Hall–Kier alpha value is -4.07. The van der Waals surface area contributed by atoms with Crippen LogP contribution in [0.4, 0.5) is 5.82 Å². The van der Waals surface area contributed by atoms with Crippen molar-refractivity contribution >= 4 is 34.9 Å². The van der Waals surface area contributed by atoms with Crippen LogP contribution in [-0.4, -0.2) is 25.5 Å². The SMILES string of the molecule is O=C(Nc1ccn(Cc2c(Cl)cccc2Cl)n1)c1ccn(COc2ccc(-c3ccccc3)cc2)n1. The zero-order chi connectivity index (χ0) is 24.9. The lowest BCUT2D eigenvalue weighted by atomic mass is 10.1. The van der Waals surface area contributed by atoms with Gasteiger partial charge in [-0.1, -0.05) is 71.7 Å². The van der Waals surface area contributed by atoms with Gasteiger partial charge in [0.2, 0.25) is 0 Å². The van der Waals surface area contributed by atoms with E-state index in [1.54, 1.807) is 52.1 Å². The minimum absolute atomic E-state index is 0.172. The van der Waals surface area contributed by atoms with Crippen LogP contribution in [0.1, 0.15) is 16.1 Å². The van der Waals surface area contributed by atoms with Crippen LogP contribution in [0, 0.1) is 0 Å². The van der Waals surface area contributed by atoms with Gasteiger partial charge in [0.1, 0.15) is 5.75 Å². The van der Waals surface area contributed by atoms with Crippen molar-refractivity contribution in [1.82, 2.24) is 19.6 Å². The van der Waals surface area contributed by atoms with Gasteiger partial charge in [0, 0.05) is 34.1 Å². The lowest BCUT2D eigenvalue weighted by Gasteiger charge is -2.07. The van der Waals surface area contributed by atoms with Crippen molar-refractivity contribution in [2.24, 2.45) is 0 Å². The predicted octanol–water partition coefficient (Wildman–Crippen LogP) is 6.39. The molecule has 0 saturated heterocycles. The molecule has 5 aromatic rings. The first kappa shape index (κ1) is 23.7. The van der Waals surface area contributed by atoms with Gasteiger partial charge >= 0.3 is 0 Å². The summed E-state index contributed by atoms with van der Waals surface area (Å²) in [6.07, 6.45) is 3.43. The first-order valence-corrected chi connectivity index (χ1v) is 11.9. The van der Waals surface area contributed by atoms with Gasteiger partial charge in [-0.2, -0.15) is 10.2 Å². The Morgan fingerprint density at radius 2 is 1.47 bits per heavy atom. The van der Waals surface area contributed by atoms with Crippen molar-refractivity contribution in [2.75, 3.05) is 5.32 Å². The van der Waals surface area contributed by atoms with Gasteiger partial charge < -0.3 is 10.1 Å². The Bertz CT molecular complexity index is 1460. The van der Waals surface area contributed by atoms with Crippen LogP contribution < -0.4 is 10.1 Å². The number of amides is 1. The number of ether oxygens (including phenoxy) is 1. The van der Waals surface area contributed by atoms with E-state index in [0.717, 1.165) is 16.7 Å². The molecule has 1 N–H and O–H groups in total. The van der Waals surface area contributed by atoms with Crippen molar-refractivity contribution in [2.45, 2.75) is 13.3 Å².